The first kappa shape index (κ1) is 9.28. The molecule has 0 amide bonds. The second kappa shape index (κ2) is 5.10. The molecule has 0 aromatic rings. The van der Waals surface area contributed by atoms with E-state index in [1.165, 1.54) is 0 Å². The average molecular weight is 139 g/mol. The second-order valence-corrected chi connectivity index (χ2v) is 2.81. The van der Waals surface area contributed by atoms with E-state index in [0.717, 1.165) is 18.0 Å². The Kier molecular flexibility index (Phi) is 4.73. The summed E-state index contributed by atoms with van der Waals surface area (Å²) in [4.78, 5) is 0. The molecular formula is C9H17N. The largest absolute Gasteiger partial charge is 0.389 e. The van der Waals surface area contributed by atoms with Crippen LogP contribution in [-0.4, -0.2) is 7.05 Å². The highest BCUT2D eigenvalue weighted by molar-refractivity contribution is 5.11. The van der Waals surface area contributed by atoms with Crippen LogP contribution < -0.4 is 5.32 Å². The molecule has 0 heterocycles. The summed E-state index contributed by atoms with van der Waals surface area (Å²) >= 11 is 0. The van der Waals surface area contributed by atoms with Gasteiger partial charge in [-0.3, -0.25) is 0 Å². The zero-order chi connectivity index (χ0) is 7.98. The molecule has 0 aliphatic heterocycles. The molecule has 0 radical (unpaired) electrons. The van der Waals surface area contributed by atoms with Crippen molar-refractivity contribution >= 4 is 0 Å². The fourth-order valence-corrected chi connectivity index (χ4v) is 0.566. The van der Waals surface area contributed by atoms with Gasteiger partial charge in [0.2, 0.25) is 0 Å². The Hall–Kier alpha value is -0.720. The van der Waals surface area contributed by atoms with Crippen LogP contribution in [0.4, 0.5) is 0 Å². The van der Waals surface area contributed by atoms with Gasteiger partial charge < -0.3 is 5.32 Å². The number of nitrogens with one attached hydrogen (secondary N) is 1. The Balaban J connectivity index is 3.46. The third-order valence-corrected chi connectivity index (χ3v) is 1.25. The summed E-state index contributed by atoms with van der Waals surface area (Å²) in [6.45, 7) is 8.17. The van der Waals surface area contributed by atoms with Crippen molar-refractivity contribution in [2.24, 2.45) is 5.92 Å². The van der Waals surface area contributed by atoms with E-state index in [1.807, 2.05) is 13.1 Å². The Morgan fingerprint density at radius 1 is 1.60 bits per heavy atom. The van der Waals surface area contributed by atoms with E-state index in [1.54, 1.807) is 0 Å². The molecule has 58 valence electrons. The number of hydrogen-bond donors (Lipinski definition) is 1. The summed E-state index contributed by atoms with van der Waals surface area (Å²) in [5.74, 6) is 0.737. The fraction of sp³-hybridized carbons (Fsp3) is 0.556. The molecule has 0 unspecified atom stereocenters. The van der Waals surface area contributed by atoms with E-state index < -0.39 is 0 Å². The fourth-order valence-electron chi connectivity index (χ4n) is 0.566. The minimum absolute atomic E-state index is 0.737. The standard InChI is InChI=1S/C9H17N/c1-8(2)6-5-7-9(3)10-4/h5,7-8,10H,3,6H2,1-2,4H3/b7-5+. The molecule has 0 atom stereocenters. The second-order valence-electron chi connectivity index (χ2n) is 2.81. The Labute approximate surface area is 63.8 Å². The lowest BCUT2D eigenvalue weighted by molar-refractivity contribution is 0.663. The Morgan fingerprint density at radius 3 is 2.60 bits per heavy atom. The molecule has 0 spiro atoms. The summed E-state index contributed by atoms with van der Waals surface area (Å²) < 4.78 is 0. The summed E-state index contributed by atoms with van der Waals surface area (Å²) in [6, 6.07) is 0. The van der Waals surface area contributed by atoms with Crippen molar-refractivity contribution in [3.63, 3.8) is 0 Å². The van der Waals surface area contributed by atoms with Crippen LogP contribution in [-0.2, 0) is 0 Å². The van der Waals surface area contributed by atoms with Crippen LogP contribution in [0.3, 0.4) is 0 Å². The summed E-state index contributed by atoms with van der Waals surface area (Å²) in [5.41, 5.74) is 0.973. The molecule has 0 bridgehead atoms. The van der Waals surface area contributed by atoms with Crippen LogP contribution in [0.5, 0.6) is 0 Å². The molecule has 1 N–H and O–H groups in total. The van der Waals surface area contributed by atoms with E-state index in [0.29, 0.717) is 0 Å². The van der Waals surface area contributed by atoms with Crippen LogP contribution in [0.25, 0.3) is 0 Å². The lowest BCUT2D eigenvalue weighted by atomic mass is 10.1. The zero-order valence-corrected chi connectivity index (χ0v) is 7.15. The monoisotopic (exact) mass is 139 g/mol. The van der Waals surface area contributed by atoms with Gasteiger partial charge in [0.15, 0.2) is 0 Å². The quantitative estimate of drug-likeness (QED) is 0.589. The maximum atomic E-state index is 3.77. The third-order valence-electron chi connectivity index (χ3n) is 1.25. The molecule has 0 saturated heterocycles. The van der Waals surface area contributed by atoms with Gasteiger partial charge in [-0.1, -0.05) is 26.5 Å². The van der Waals surface area contributed by atoms with Crippen LogP contribution in [0.1, 0.15) is 20.3 Å². The van der Waals surface area contributed by atoms with E-state index in [9.17, 15) is 0 Å². The van der Waals surface area contributed by atoms with Crippen LogP contribution in [0, 0.1) is 5.92 Å². The van der Waals surface area contributed by atoms with Crippen molar-refractivity contribution in [1.82, 2.24) is 5.32 Å². The molecular weight excluding hydrogens is 122 g/mol. The highest BCUT2D eigenvalue weighted by atomic mass is 14.8. The Bertz CT molecular complexity index is 123. The molecule has 1 nitrogen and oxygen atoms in total. The van der Waals surface area contributed by atoms with Gasteiger partial charge in [0.25, 0.3) is 0 Å². The number of allylic oxidation sites excluding steroid dienone is 2. The number of hydrogen-bond acceptors (Lipinski definition) is 1. The van der Waals surface area contributed by atoms with Gasteiger partial charge in [-0.25, -0.2) is 0 Å². The van der Waals surface area contributed by atoms with E-state index in [2.05, 4.69) is 31.8 Å². The molecule has 10 heavy (non-hydrogen) atoms. The lowest BCUT2D eigenvalue weighted by Crippen LogP contribution is -2.00. The summed E-state index contributed by atoms with van der Waals surface area (Å²) in [5, 5.41) is 2.96. The van der Waals surface area contributed by atoms with Crippen LogP contribution in [0.2, 0.25) is 0 Å². The number of likely N-dealkylation sites (N-methyl/N-ethyl adjacent to an activating group) is 1. The first-order chi connectivity index (χ1) is 4.66. The first-order valence-electron chi connectivity index (χ1n) is 3.70. The van der Waals surface area contributed by atoms with Gasteiger partial charge in [0.05, 0.1) is 0 Å². The highest BCUT2D eigenvalue weighted by Crippen LogP contribution is 2.00. The average Bonchev–Trinajstić information content (AvgIpc) is 1.87. The van der Waals surface area contributed by atoms with Crippen LogP contribution >= 0.6 is 0 Å². The maximum Gasteiger partial charge on any atom is 0.0261 e. The predicted molar refractivity (Wildman–Crippen MR) is 46.8 cm³/mol. The Morgan fingerprint density at radius 2 is 2.20 bits per heavy atom. The van der Waals surface area contributed by atoms with Gasteiger partial charge >= 0.3 is 0 Å². The first-order valence-corrected chi connectivity index (χ1v) is 3.70. The molecule has 0 saturated carbocycles. The molecule has 0 rings (SSSR count). The van der Waals surface area contributed by atoms with Crippen molar-refractivity contribution in [1.29, 1.82) is 0 Å². The van der Waals surface area contributed by atoms with Gasteiger partial charge in [0.1, 0.15) is 0 Å². The molecule has 0 fully saturated rings. The number of rotatable bonds is 4. The van der Waals surface area contributed by atoms with E-state index in [-0.39, 0.29) is 0 Å². The molecule has 1 heteroatoms. The van der Waals surface area contributed by atoms with Crippen LogP contribution in [0.15, 0.2) is 24.4 Å². The van der Waals surface area contributed by atoms with Crippen molar-refractivity contribution < 1.29 is 0 Å². The maximum absolute atomic E-state index is 3.77. The zero-order valence-electron chi connectivity index (χ0n) is 7.15. The summed E-state index contributed by atoms with van der Waals surface area (Å²) in [6.07, 6.45) is 5.28. The van der Waals surface area contributed by atoms with Crippen molar-refractivity contribution in [2.75, 3.05) is 7.05 Å². The lowest BCUT2D eigenvalue weighted by Gasteiger charge is -1.98. The van der Waals surface area contributed by atoms with Crippen molar-refractivity contribution in [2.45, 2.75) is 20.3 Å². The molecule has 0 aromatic carbocycles. The van der Waals surface area contributed by atoms with Crippen molar-refractivity contribution in [3.05, 3.63) is 24.4 Å². The molecule has 0 aliphatic carbocycles. The normalized spacial score (nSPS) is 10.8. The van der Waals surface area contributed by atoms with Gasteiger partial charge in [-0.2, -0.15) is 0 Å². The minimum Gasteiger partial charge on any atom is -0.389 e. The van der Waals surface area contributed by atoms with Crippen molar-refractivity contribution in [3.8, 4) is 0 Å². The van der Waals surface area contributed by atoms with Gasteiger partial charge in [-0.15, -0.1) is 0 Å². The smallest absolute Gasteiger partial charge is 0.0261 e. The SMILES string of the molecule is C=C(/C=C/CC(C)C)NC. The molecule has 0 aliphatic rings. The summed E-state index contributed by atoms with van der Waals surface area (Å²) in [7, 11) is 1.88. The molecule has 0 aromatic heterocycles. The third kappa shape index (κ3) is 5.42. The predicted octanol–water partition coefficient (Wildman–Crippen LogP) is 2.32. The van der Waals surface area contributed by atoms with E-state index in [4.69, 9.17) is 0 Å². The minimum atomic E-state index is 0.737. The van der Waals surface area contributed by atoms with Gasteiger partial charge in [-0.05, 0) is 18.4 Å². The topological polar surface area (TPSA) is 12.0 Å². The highest BCUT2D eigenvalue weighted by Gasteiger charge is 1.86. The van der Waals surface area contributed by atoms with E-state index >= 15 is 0 Å². The van der Waals surface area contributed by atoms with Gasteiger partial charge in [0, 0.05) is 12.7 Å².